The highest BCUT2D eigenvalue weighted by Gasteiger charge is 2.07. The molecule has 13 heavy (non-hydrogen) atoms. The van der Waals surface area contributed by atoms with Gasteiger partial charge in [-0.1, -0.05) is 15.9 Å². The van der Waals surface area contributed by atoms with E-state index in [1.807, 2.05) is 0 Å². The van der Waals surface area contributed by atoms with Crippen molar-refractivity contribution in [1.82, 2.24) is 0 Å². The number of hydrogen-bond donors (Lipinski definition) is 2. The number of carbonyl (C=O) groups excluding carboxylic acids is 2. The zero-order valence-corrected chi connectivity index (χ0v) is 8.17. The average molecular weight is 243 g/mol. The Morgan fingerprint density at radius 3 is 2.23 bits per heavy atom. The van der Waals surface area contributed by atoms with E-state index in [4.69, 9.17) is 5.73 Å². The lowest BCUT2D eigenvalue weighted by atomic mass is 10.3. The van der Waals surface area contributed by atoms with Crippen LogP contribution in [0.25, 0.3) is 0 Å². The highest BCUT2D eigenvalue weighted by molar-refractivity contribution is 9.10. The number of carbonyl (C=O) groups is 2. The Bertz CT molecular complexity index is 335. The normalized spacial score (nSPS) is 9.31. The Hall–Kier alpha value is -1.36. The van der Waals surface area contributed by atoms with Crippen molar-refractivity contribution >= 4 is 33.4 Å². The zero-order valence-electron chi connectivity index (χ0n) is 6.58. The van der Waals surface area contributed by atoms with Gasteiger partial charge in [0.1, 0.15) is 0 Å². The van der Waals surface area contributed by atoms with Crippen molar-refractivity contribution in [2.24, 2.45) is 5.73 Å². The monoisotopic (exact) mass is 242 g/mol. The fourth-order valence-corrected chi connectivity index (χ4v) is 0.990. The van der Waals surface area contributed by atoms with E-state index in [0.29, 0.717) is 5.69 Å². The maximum absolute atomic E-state index is 10.8. The molecule has 0 saturated carbocycles. The molecule has 0 atom stereocenters. The molecular formula is C8H7BrN2O2. The predicted octanol–water partition coefficient (Wildman–Crippen LogP) is 0.873. The first kappa shape index (κ1) is 9.73. The van der Waals surface area contributed by atoms with Crippen molar-refractivity contribution in [3.8, 4) is 0 Å². The predicted molar refractivity (Wildman–Crippen MR) is 52.0 cm³/mol. The van der Waals surface area contributed by atoms with Gasteiger partial charge in [-0.25, -0.2) is 0 Å². The molecule has 1 rings (SSSR count). The van der Waals surface area contributed by atoms with E-state index in [1.165, 1.54) is 0 Å². The summed E-state index contributed by atoms with van der Waals surface area (Å²) in [4.78, 5) is 21.2. The maximum Gasteiger partial charge on any atom is 0.313 e. The molecule has 0 aliphatic carbocycles. The lowest BCUT2D eigenvalue weighted by Crippen LogP contribution is -2.29. The molecule has 0 heterocycles. The Balaban J connectivity index is 2.70. The molecule has 1 aromatic carbocycles. The number of nitrogens with two attached hydrogens (primary N) is 1. The molecule has 0 fully saturated rings. The average Bonchev–Trinajstić information content (AvgIpc) is 2.08. The number of halogens is 1. The summed E-state index contributed by atoms with van der Waals surface area (Å²) in [5.41, 5.74) is 5.29. The summed E-state index contributed by atoms with van der Waals surface area (Å²) in [6.07, 6.45) is 0. The van der Waals surface area contributed by atoms with Crippen LogP contribution in [-0.2, 0) is 9.59 Å². The standard InChI is InChI=1S/C8H7BrN2O2/c9-5-1-3-6(4-2-5)11-8(13)7(10)12/h1-4H,(H2,10,12)(H,11,13). The molecule has 0 spiro atoms. The molecular weight excluding hydrogens is 236 g/mol. The van der Waals surface area contributed by atoms with Crippen LogP contribution in [0.5, 0.6) is 0 Å². The highest BCUT2D eigenvalue weighted by atomic mass is 79.9. The minimum Gasteiger partial charge on any atom is -0.361 e. The van der Waals surface area contributed by atoms with Crippen LogP contribution in [0.15, 0.2) is 28.7 Å². The SMILES string of the molecule is NC(=O)C(=O)Nc1ccc(Br)cc1. The smallest absolute Gasteiger partial charge is 0.313 e. The quantitative estimate of drug-likeness (QED) is 0.718. The maximum atomic E-state index is 10.8. The fraction of sp³-hybridized carbons (Fsp3) is 0. The van der Waals surface area contributed by atoms with E-state index in [1.54, 1.807) is 24.3 Å². The second-order valence-electron chi connectivity index (χ2n) is 2.33. The van der Waals surface area contributed by atoms with Crippen molar-refractivity contribution in [3.63, 3.8) is 0 Å². The van der Waals surface area contributed by atoms with Gasteiger partial charge in [0.05, 0.1) is 0 Å². The Labute approximate surface area is 83.2 Å². The fourth-order valence-electron chi connectivity index (χ4n) is 0.726. The van der Waals surface area contributed by atoms with Crippen LogP contribution in [0.1, 0.15) is 0 Å². The van der Waals surface area contributed by atoms with Gasteiger partial charge in [0.15, 0.2) is 0 Å². The molecule has 5 heteroatoms. The molecule has 68 valence electrons. The lowest BCUT2D eigenvalue weighted by molar-refractivity contribution is -0.134. The zero-order chi connectivity index (χ0) is 9.84. The topological polar surface area (TPSA) is 72.2 Å². The number of benzene rings is 1. The van der Waals surface area contributed by atoms with Gasteiger partial charge in [-0.3, -0.25) is 9.59 Å². The van der Waals surface area contributed by atoms with Gasteiger partial charge in [-0.2, -0.15) is 0 Å². The summed E-state index contributed by atoms with van der Waals surface area (Å²) in [6, 6.07) is 6.81. The molecule has 1 aromatic rings. The third-order valence-corrected chi connectivity index (χ3v) is 1.85. The number of hydrogen-bond acceptors (Lipinski definition) is 2. The Kier molecular flexibility index (Phi) is 3.02. The van der Waals surface area contributed by atoms with Crippen LogP contribution < -0.4 is 11.1 Å². The Morgan fingerprint density at radius 1 is 1.23 bits per heavy atom. The molecule has 2 amide bonds. The van der Waals surface area contributed by atoms with Gasteiger partial charge in [0.25, 0.3) is 0 Å². The molecule has 0 saturated heterocycles. The molecule has 0 aliphatic rings. The van der Waals surface area contributed by atoms with Crippen molar-refractivity contribution in [2.45, 2.75) is 0 Å². The lowest BCUT2D eigenvalue weighted by Gasteiger charge is -2.01. The molecule has 0 aromatic heterocycles. The first-order chi connectivity index (χ1) is 6.09. The third-order valence-electron chi connectivity index (χ3n) is 1.33. The molecule has 4 nitrogen and oxygen atoms in total. The minimum absolute atomic E-state index is 0.534. The van der Waals surface area contributed by atoms with Crippen molar-refractivity contribution in [1.29, 1.82) is 0 Å². The summed E-state index contributed by atoms with van der Waals surface area (Å²) in [5, 5.41) is 2.33. The number of anilines is 1. The first-order valence-corrected chi connectivity index (χ1v) is 4.25. The van der Waals surface area contributed by atoms with E-state index in [2.05, 4.69) is 21.2 Å². The molecule has 3 N–H and O–H groups in total. The highest BCUT2D eigenvalue weighted by Crippen LogP contribution is 2.13. The molecule has 0 bridgehead atoms. The third kappa shape index (κ3) is 2.87. The van der Waals surface area contributed by atoms with Crippen LogP contribution in [0.3, 0.4) is 0 Å². The van der Waals surface area contributed by atoms with Crippen LogP contribution in [0.2, 0.25) is 0 Å². The van der Waals surface area contributed by atoms with Crippen LogP contribution >= 0.6 is 15.9 Å². The summed E-state index contributed by atoms with van der Waals surface area (Å²) >= 11 is 3.24. The summed E-state index contributed by atoms with van der Waals surface area (Å²) in [6.45, 7) is 0. The largest absolute Gasteiger partial charge is 0.361 e. The first-order valence-electron chi connectivity index (χ1n) is 3.46. The van der Waals surface area contributed by atoms with Gasteiger partial charge in [0.2, 0.25) is 0 Å². The van der Waals surface area contributed by atoms with Crippen LogP contribution in [-0.4, -0.2) is 11.8 Å². The van der Waals surface area contributed by atoms with Crippen molar-refractivity contribution < 1.29 is 9.59 Å². The Morgan fingerprint density at radius 2 is 1.77 bits per heavy atom. The van der Waals surface area contributed by atoms with Crippen LogP contribution in [0, 0.1) is 0 Å². The van der Waals surface area contributed by atoms with Gasteiger partial charge < -0.3 is 11.1 Å². The van der Waals surface area contributed by atoms with E-state index < -0.39 is 11.8 Å². The summed E-state index contributed by atoms with van der Waals surface area (Å²) in [5.74, 6) is -1.81. The number of primary amides is 1. The number of nitrogens with one attached hydrogen (secondary N) is 1. The van der Waals surface area contributed by atoms with Gasteiger partial charge in [-0.05, 0) is 24.3 Å². The van der Waals surface area contributed by atoms with E-state index in [9.17, 15) is 9.59 Å². The van der Waals surface area contributed by atoms with Gasteiger partial charge in [0, 0.05) is 10.2 Å². The second-order valence-corrected chi connectivity index (χ2v) is 3.24. The summed E-state index contributed by atoms with van der Waals surface area (Å²) in [7, 11) is 0. The number of rotatable bonds is 1. The van der Waals surface area contributed by atoms with E-state index in [0.717, 1.165) is 4.47 Å². The van der Waals surface area contributed by atoms with Crippen LogP contribution in [0.4, 0.5) is 5.69 Å². The van der Waals surface area contributed by atoms with Crippen molar-refractivity contribution in [2.75, 3.05) is 5.32 Å². The van der Waals surface area contributed by atoms with E-state index in [-0.39, 0.29) is 0 Å². The van der Waals surface area contributed by atoms with Gasteiger partial charge >= 0.3 is 11.8 Å². The molecule has 0 unspecified atom stereocenters. The second kappa shape index (κ2) is 4.04. The number of amides is 2. The summed E-state index contributed by atoms with van der Waals surface area (Å²) < 4.78 is 0.893. The minimum atomic E-state index is -0.997. The van der Waals surface area contributed by atoms with Crippen molar-refractivity contribution in [3.05, 3.63) is 28.7 Å². The van der Waals surface area contributed by atoms with Gasteiger partial charge in [-0.15, -0.1) is 0 Å². The molecule has 0 radical (unpaired) electrons. The van der Waals surface area contributed by atoms with E-state index >= 15 is 0 Å². The molecule has 0 aliphatic heterocycles.